The maximum atomic E-state index is 5.31. The van der Waals surface area contributed by atoms with E-state index in [1.807, 2.05) is 72.8 Å². The molecule has 0 unspecified atom stereocenters. The number of hydrogen-bond acceptors (Lipinski definition) is 6. The normalized spacial score (nSPS) is 11.9. The number of rotatable bonds is 15. The van der Waals surface area contributed by atoms with Crippen LogP contribution in [0, 0.1) is 0 Å². The van der Waals surface area contributed by atoms with Gasteiger partial charge in [-0.1, -0.05) is 423 Å². The standard InChI is InChI=1S/C65H54N4.C59H50N4/c1-64(2,3)50-39-54(45-29-17-9-18-30-45)59-56(41-50)57-42-51(65(4,5)6)40-55(46-31-19-10-20-32-46)60(57)69(59)58-52(43-25-13-7-14-26-43)37-49(38-53(58)44-27-15-8-16-28-44)63-67-61(47-33-21-11-22-34-47)66-62(68-63)48-35-23-12-24-36-48;1-58(2,3)45-32-33-52-50(36-45)51-38-46(59(4,5)6)37-49(41-26-16-9-17-27-41)54(51)63(52)53-47(39-22-12-7-13-23-39)34-44(35-48(53)40-24-14-8-15-25-40)57-61-55(42-28-18-10-19-29-42)60-56(62-57)43-30-20-11-21-31-43/h7-42H,1-6H3;7-38H,1-6H3. The lowest BCUT2D eigenvalue weighted by molar-refractivity contribution is 0.590. The predicted molar refractivity (Wildman–Crippen MR) is 554 cm³/mol. The highest BCUT2D eigenvalue weighted by molar-refractivity contribution is 6.20. The van der Waals surface area contributed by atoms with Crippen LogP contribution in [-0.4, -0.2) is 39.0 Å². The number of nitrogens with zero attached hydrogens (tertiary/aromatic N) is 8. The minimum atomic E-state index is -0.121. The molecule has 640 valence electrons. The topological polar surface area (TPSA) is 87.2 Å². The smallest absolute Gasteiger partial charge is 0.164 e. The van der Waals surface area contributed by atoms with Crippen molar-refractivity contribution in [2.45, 2.75) is 105 Å². The molecule has 0 fully saturated rings. The van der Waals surface area contributed by atoms with E-state index >= 15 is 0 Å². The third-order valence-corrected chi connectivity index (χ3v) is 25.5. The van der Waals surface area contributed by atoms with E-state index in [1.54, 1.807) is 0 Å². The van der Waals surface area contributed by atoms with E-state index in [4.69, 9.17) is 29.9 Å². The second kappa shape index (κ2) is 34.8. The molecule has 0 bridgehead atoms. The molecule has 21 aromatic rings. The quantitative estimate of drug-likeness (QED) is 0.102. The van der Waals surface area contributed by atoms with Crippen LogP contribution in [0.3, 0.4) is 0 Å². The lowest BCUT2D eigenvalue weighted by Crippen LogP contribution is -2.11. The summed E-state index contributed by atoms with van der Waals surface area (Å²) in [5.41, 5.74) is 32.9. The van der Waals surface area contributed by atoms with E-state index in [-0.39, 0.29) is 21.7 Å². The van der Waals surface area contributed by atoms with Crippen molar-refractivity contribution < 1.29 is 0 Å². The molecule has 21 rings (SSSR count). The molecule has 132 heavy (non-hydrogen) atoms. The number of aromatic nitrogens is 8. The molecular weight excluding hydrogens is 1600 g/mol. The van der Waals surface area contributed by atoms with E-state index in [2.05, 4.69) is 432 Å². The van der Waals surface area contributed by atoms with E-state index in [0.717, 1.165) is 106 Å². The Morgan fingerprint density at radius 1 is 0.159 bits per heavy atom. The van der Waals surface area contributed by atoms with E-state index in [1.165, 1.54) is 82.7 Å². The molecule has 8 heteroatoms. The van der Waals surface area contributed by atoms with Gasteiger partial charge in [-0.05, 0) is 156 Å². The molecule has 4 heterocycles. The minimum Gasteiger partial charge on any atom is -0.307 e. The molecule has 0 radical (unpaired) electrons. The second-order valence-corrected chi connectivity index (χ2v) is 38.6. The molecule has 0 aliphatic carbocycles. The van der Waals surface area contributed by atoms with Crippen LogP contribution >= 0.6 is 0 Å². The number of benzene rings is 17. The molecule has 0 aliphatic rings. The van der Waals surface area contributed by atoms with Gasteiger partial charge in [0.2, 0.25) is 0 Å². The van der Waals surface area contributed by atoms with Crippen LogP contribution in [0.15, 0.2) is 413 Å². The molecule has 0 atom stereocenters. The van der Waals surface area contributed by atoms with Crippen molar-refractivity contribution in [3.63, 3.8) is 0 Å². The summed E-state index contributed by atoms with van der Waals surface area (Å²) >= 11 is 0. The fourth-order valence-corrected chi connectivity index (χ4v) is 18.4. The molecule has 4 aromatic heterocycles. The average Bonchev–Trinajstić information content (AvgIpc) is 1.54. The maximum absolute atomic E-state index is 5.31. The molecule has 0 aliphatic heterocycles. The highest BCUT2D eigenvalue weighted by Crippen LogP contribution is 2.53. The Morgan fingerprint density at radius 2 is 0.348 bits per heavy atom. The summed E-state index contributed by atoms with van der Waals surface area (Å²) in [5, 5.41) is 4.92. The van der Waals surface area contributed by atoms with Gasteiger partial charge in [-0.25, -0.2) is 29.9 Å². The lowest BCUT2D eigenvalue weighted by Gasteiger charge is -2.25. The fourth-order valence-electron chi connectivity index (χ4n) is 18.4. The summed E-state index contributed by atoms with van der Waals surface area (Å²) in [4.78, 5) is 31.2. The SMILES string of the molecule is CC(C)(C)c1cc(-c2ccccc2)c2c(c1)c1cc(C(C)(C)C)cc(-c3ccccc3)c1n2-c1c(-c2ccccc2)cc(-c2nc(-c3ccccc3)nc(-c3ccccc3)n2)cc1-c1ccccc1.CC(C)(C)c1ccc2c(c1)c1cc(C(C)(C)C)cc(-c3ccccc3)c1n2-c1c(-c2ccccc2)cc(-c2nc(-c3ccccc3)nc(-c3ccccc3)n2)cc1-c1ccccc1. The first-order chi connectivity index (χ1) is 64.0. The van der Waals surface area contributed by atoms with Gasteiger partial charge >= 0.3 is 0 Å². The van der Waals surface area contributed by atoms with E-state index in [9.17, 15) is 0 Å². The molecule has 0 amide bonds. The summed E-state index contributed by atoms with van der Waals surface area (Å²) in [5.74, 6) is 3.72. The maximum Gasteiger partial charge on any atom is 0.164 e. The highest BCUT2D eigenvalue weighted by atomic mass is 15.1. The monoisotopic (exact) mass is 1700 g/mol. The van der Waals surface area contributed by atoms with Gasteiger partial charge in [0, 0.05) is 93.9 Å². The minimum absolute atomic E-state index is 0.0414. The van der Waals surface area contributed by atoms with Crippen molar-refractivity contribution in [1.82, 2.24) is 39.0 Å². The first kappa shape index (κ1) is 84.5. The van der Waals surface area contributed by atoms with Crippen molar-refractivity contribution in [3.05, 3.63) is 435 Å². The van der Waals surface area contributed by atoms with Crippen LogP contribution in [0.4, 0.5) is 0 Å². The van der Waals surface area contributed by atoms with Crippen molar-refractivity contribution in [1.29, 1.82) is 0 Å². The summed E-state index contributed by atoms with van der Waals surface area (Å²) in [6, 6.07) is 148. The first-order valence-electron chi connectivity index (χ1n) is 45.8. The molecule has 17 aromatic carbocycles. The van der Waals surface area contributed by atoms with Gasteiger partial charge in [0.1, 0.15) is 0 Å². The van der Waals surface area contributed by atoms with Crippen LogP contribution in [-0.2, 0) is 21.7 Å². The third-order valence-electron chi connectivity index (χ3n) is 25.5. The van der Waals surface area contributed by atoms with Crippen LogP contribution in [0.1, 0.15) is 105 Å². The largest absolute Gasteiger partial charge is 0.307 e. The highest BCUT2D eigenvalue weighted by Gasteiger charge is 2.33. The van der Waals surface area contributed by atoms with Crippen LogP contribution < -0.4 is 0 Å². The molecule has 0 N–H and O–H groups in total. The molecule has 0 saturated heterocycles. The van der Waals surface area contributed by atoms with Crippen molar-refractivity contribution in [3.8, 4) is 158 Å². The zero-order chi connectivity index (χ0) is 90.6. The zero-order valence-electron chi connectivity index (χ0n) is 76.8. The van der Waals surface area contributed by atoms with Crippen molar-refractivity contribution >= 4 is 43.6 Å². The zero-order valence-corrected chi connectivity index (χ0v) is 76.8. The Labute approximate surface area is 774 Å². The molecular formula is C124H104N8. The van der Waals surface area contributed by atoms with Gasteiger partial charge in [0.25, 0.3) is 0 Å². The molecule has 0 saturated carbocycles. The Balaban J connectivity index is 0.000000165. The van der Waals surface area contributed by atoms with Gasteiger partial charge in [0.15, 0.2) is 34.9 Å². The van der Waals surface area contributed by atoms with Gasteiger partial charge in [-0.2, -0.15) is 0 Å². The fraction of sp³-hybridized carbons (Fsp3) is 0.129. The number of hydrogen-bond donors (Lipinski definition) is 0. The Kier molecular flexibility index (Phi) is 22.3. The first-order valence-corrected chi connectivity index (χ1v) is 45.8. The van der Waals surface area contributed by atoms with Gasteiger partial charge in [-0.15, -0.1) is 0 Å². The molecule has 8 nitrogen and oxygen atoms in total. The Bertz CT molecular complexity index is 7460. The van der Waals surface area contributed by atoms with Crippen molar-refractivity contribution in [2.75, 3.05) is 0 Å². The van der Waals surface area contributed by atoms with E-state index < -0.39 is 0 Å². The Morgan fingerprint density at radius 3 is 0.583 bits per heavy atom. The summed E-state index contributed by atoms with van der Waals surface area (Å²) in [7, 11) is 0. The third kappa shape index (κ3) is 16.6. The number of fused-ring (bicyclic) bond motifs is 6. The van der Waals surface area contributed by atoms with Crippen LogP contribution in [0.5, 0.6) is 0 Å². The van der Waals surface area contributed by atoms with Crippen molar-refractivity contribution in [2.24, 2.45) is 0 Å². The van der Waals surface area contributed by atoms with Gasteiger partial charge in [-0.3, -0.25) is 0 Å². The lowest BCUT2D eigenvalue weighted by atomic mass is 9.82. The molecule has 0 spiro atoms. The van der Waals surface area contributed by atoms with Gasteiger partial charge in [0.05, 0.1) is 33.4 Å². The summed E-state index contributed by atoms with van der Waals surface area (Å²) in [6.45, 7) is 27.8. The second-order valence-electron chi connectivity index (χ2n) is 38.6. The van der Waals surface area contributed by atoms with Crippen LogP contribution in [0.25, 0.3) is 201 Å². The van der Waals surface area contributed by atoms with E-state index in [0.29, 0.717) is 34.9 Å². The van der Waals surface area contributed by atoms with Crippen LogP contribution in [0.2, 0.25) is 0 Å². The van der Waals surface area contributed by atoms with Gasteiger partial charge < -0.3 is 9.13 Å². The predicted octanol–water partition coefficient (Wildman–Crippen LogP) is 32.8. The Hall–Kier alpha value is -15.6. The average molecular weight is 1710 g/mol. The summed E-state index contributed by atoms with van der Waals surface area (Å²) < 4.78 is 5.17. The summed E-state index contributed by atoms with van der Waals surface area (Å²) in [6.07, 6.45) is 0.